The van der Waals surface area contributed by atoms with Crippen LogP contribution in [0.5, 0.6) is 5.75 Å². The summed E-state index contributed by atoms with van der Waals surface area (Å²) in [5.41, 5.74) is 11.4. The highest BCUT2D eigenvalue weighted by Crippen LogP contribution is 2.29. The first kappa shape index (κ1) is 14.2. The van der Waals surface area contributed by atoms with Gasteiger partial charge in [0.25, 0.3) is 0 Å². The van der Waals surface area contributed by atoms with E-state index < -0.39 is 0 Å². The molecule has 0 aromatic heterocycles. The third-order valence-electron chi connectivity index (χ3n) is 4.23. The van der Waals surface area contributed by atoms with Gasteiger partial charge >= 0.3 is 0 Å². The molecule has 1 aliphatic rings. The van der Waals surface area contributed by atoms with E-state index >= 15 is 0 Å². The molecule has 2 N–H and O–H groups in total. The van der Waals surface area contributed by atoms with Crippen LogP contribution in [0.2, 0.25) is 0 Å². The Kier molecular flexibility index (Phi) is 4.26. The summed E-state index contributed by atoms with van der Waals surface area (Å²) in [4.78, 5) is 0. The van der Waals surface area contributed by atoms with E-state index in [1.54, 1.807) is 0 Å². The number of aryl methyl sites for hydroxylation is 1. The number of rotatable bonds is 5. The van der Waals surface area contributed by atoms with Crippen molar-refractivity contribution in [1.29, 1.82) is 0 Å². The van der Waals surface area contributed by atoms with Crippen molar-refractivity contribution in [2.75, 3.05) is 6.61 Å². The number of hydrogen-bond acceptors (Lipinski definition) is 2. The first-order valence-corrected chi connectivity index (χ1v) is 7.88. The minimum absolute atomic E-state index is 0.0591. The summed E-state index contributed by atoms with van der Waals surface area (Å²) in [5, 5.41) is 0. The van der Waals surface area contributed by atoms with E-state index in [-0.39, 0.29) is 6.04 Å². The zero-order valence-corrected chi connectivity index (χ0v) is 12.6. The number of hydrogen-bond donors (Lipinski definition) is 1. The molecule has 21 heavy (non-hydrogen) atoms. The van der Waals surface area contributed by atoms with E-state index in [0.29, 0.717) is 0 Å². The average molecular weight is 281 g/mol. The van der Waals surface area contributed by atoms with Gasteiger partial charge in [-0.2, -0.15) is 0 Å². The van der Waals surface area contributed by atoms with Gasteiger partial charge < -0.3 is 10.5 Å². The molecule has 0 bridgehead atoms. The summed E-state index contributed by atoms with van der Waals surface area (Å²) in [6.45, 7) is 3.02. The topological polar surface area (TPSA) is 35.2 Å². The van der Waals surface area contributed by atoms with Gasteiger partial charge in [-0.15, -0.1) is 0 Å². The predicted molar refractivity (Wildman–Crippen MR) is 86.7 cm³/mol. The van der Waals surface area contributed by atoms with Gasteiger partial charge in [-0.25, -0.2) is 0 Å². The molecule has 2 aromatic carbocycles. The lowest BCUT2D eigenvalue weighted by Gasteiger charge is -2.14. The first-order chi connectivity index (χ1) is 10.3. The third kappa shape index (κ3) is 3.11. The summed E-state index contributed by atoms with van der Waals surface area (Å²) >= 11 is 0. The van der Waals surface area contributed by atoms with E-state index in [9.17, 15) is 0 Å². The van der Waals surface area contributed by atoms with E-state index in [0.717, 1.165) is 25.2 Å². The number of nitrogens with two attached hydrogens (primary N) is 1. The lowest BCUT2D eigenvalue weighted by Crippen LogP contribution is -2.12. The Balaban J connectivity index is 1.76. The van der Waals surface area contributed by atoms with Crippen molar-refractivity contribution >= 4 is 0 Å². The average Bonchev–Trinajstić information content (AvgIpc) is 3.00. The van der Waals surface area contributed by atoms with Gasteiger partial charge in [-0.05, 0) is 41.2 Å². The minimum Gasteiger partial charge on any atom is -0.493 e. The highest BCUT2D eigenvalue weighted by atomic mass is 16.5. The molecule has 0 spiro atoms. The number of ether oxygens (including phenoxy) is 1. The normalized spacial score (nSPS) is 14.6. The van der Waals surface area contributed by atoms with Crippen LogP contribution in [-0.4, -0.2) is 6.61 Å². The minimum atomic E-state index is -0.0591. The lowest BCUT2D eigenvalue weighted by atomic mass is 9.96. The van der Waals surface area contributed by atoms with Crippen LogP contribution < -0.4 is 10.5 Å². The van der Waals surface area contributed by atoms with Crippen LogP contribution in [0.25, 0.3) is 0 Å². The monoisotopic (exact) mass is 281 g/mol. The summed E-state index contributed by atoms with van der Waals surface area (Å²) in [6.07, 6.45) is 4.63. The van der Waals surface area contributed by atoms with Crippen LogP contribution in [0.15, 0.2) is 42.5 Å². The maximum atomic E-state index is 6.42. The molecule has 0 saturated heterocycles. The molecule has 0 aliphatic carbocycles. The fourth-order valence-electron chi connectivity index (χ4n) is 2.86. The van der Waals surface area contributed by atoms with E-state index in [1.807, 2.05) is 6.07 Å². The number of unbranched alkanes of at least 4 members (excludes halogenated alkanes) is 1. The Bertz CT molecular complexity index is 603. The molecule has 0 saturated carbocycles. The molecule has 3 rings (SSSR count). The van der Waals surface area contributed by atoms with Crippen molar-refractivity contribution in [2.24, 2.45) is 5.73 Å². The number of fused-ring (bicyclic) bond motifs is 1. The molecule has 2 nitrogen and oxygen atoms in total. The van der Waals surface area contributed by atoms with Crippen LogP contribution in [0.4, 0.5) is 0 Å². The van der Waals surface area contributed by atoms with Crippen LogP contribution in [0.1, 0.15) is 48.1 Å². The standard InChI is InChI=1S/C19H23NO/c1-2-3-4-14-5-7-15(8-6-14)19(20)17-9-10-18-16(13-17)11-12-21-18/h5-10,13,19H,2-4,11-12,20H2,1H3. The van der Waals surface area contributed by atoms with Crippen molar-refractivity contribution in [2.45, 2.75) is 38.6 Å². The molecule has 0 amide bonds. The van der Waals surface area contributed by atoms with Gasteiger partial charge in [-0.3, -0.25) is 0 Å². The van der Waals surface area contributed by atoms with Crippen LogP contribution in [0.3, 0.4) is 0 Å². The van der Waals surface area contributed by atoms with Gasteiger partial charge in [0.2, 0.25) is 0 Å². The first-order valence-electron chi connectivity index (χ1n) is 7.88. The van der Waals surface area contributed by atoms with E-state index in [2.05, 4.69) is 43.3 Å². The zero-order chi connectivity index (χ0) is 14.7. The van der Waals surface area contributed by atoms with Crippen molar-refractivity contribution in [3.05, 3.63) is 64.7 Å². The largest absolute Gasteiger partial charge is 0.493 e. The van der Waals surface area contributed by atoms with Gasteiger partial charge in [0.15, 0.2) is 0 Å². The zero-order valence-electron chi connectivity index (χ0n) is 12.6. The smallest absolute Gasteiger partial charge is 0.122 e. The van der Waals surface area contributed by atoms with Crippen LogP contribution in [0, 0.1) is 0 Å². The highest BCUT2D eigenvalue weighted by Gasteiger charge is 2.15. The van der Waals surface area contributed by atoms with Crippen molar-refractivity contribution in [3.8, 4) is 5.75 Å². The van der Waals surface area contributed by atoms with Crippen LogP contribution >= 0.6 is 0 Å². The second-order valence-corrected chi connectivity index (χ2v) is 5.79. The summed E-state index contributed by atoms with van der Waals surface area (Å²) in [5.74, 6) is 1.01. The molecular weight excluding hydrogens is 258 g/mol. The molecule has 0 fully saturated rings. The molecule has 2 aromatic rings. The van der Waals surface area contributed by atoms with E-state index in [4.69, 9.17) is 10.5 Å². The Hall–Kier alpha value is -1.80. The van der Waals surface area contributed by atoms with Gasteiger partial charge in [-0.1, -0.05) is 49.7 Å². The van der Waals surface area contributed by atoms with Gasteiger partial charge in [0, 0.05) is 6.42 Å². The predicted octanol–water partition coefficient (Wildman–Crippen LogP) is 4.01. The molecule has 110 valence electrons. The molecule has 1 unspecified atom stereocenters. The maximum absolute atomic E-state index is 6.42. The van der Waals surface area contributed by atoms with Crippen molar-refractivity contribution in [3.63, 3.8) is 0 Å². The summed E-state index contributed by atoms with van der Waals surface area (Å²) < 4.78 is 5.55. The molecule has 1 atom stereocenters. The molecule has 0 radical (unpaired) electrons. The molecule has 1 aliphatic heterocycles. The highest BCUT2D eigenvalue weighted by molar-refractivity contribution is 5.43. The van der Waals surface area contributed by atoms with Crippen molar-refractivity contribution < 1.29 is 4.74 Å². The Morgan fingerprint density at radius 1 is 1.10 bits per heavy atom. The Morgan fingerprint density at radius 3 is 2.62 bits per heavy atom. The number of benzene rings is 2. The van der Waals surface area contributed by atoms with E-state index in [1.165, 1.54) is 35.1 Å². The van der Waals surface area contributed by atoms with Crippen molar-refractivity contribution in [1.82, 2.24) is 0 Å². The quantitative estimate of drug-likeness (QED) is 0.898. The SMILES string of the molecule is CCCCc1ccc(C(N)c2ccc3c(c2)CCO3)cc1. The molecule has 2 heteroatoms. The summed E-state index contributed by atoms with van der Waals surface area (Å²) in [6, 6.07) is 15.0. The molecular formula is C19H23NO. The fourth-order valence-corrected chi connectivity index (χ4v) is 2.86. The Labute approximate surface area is 126 Å². The molecule has 1 heterocycles. The lowest BCUT2D eigenvalue weighted by molar-refractivity contribution is 0.357. The Morgan fingerprint density at radius 2 is 1.86 bits per heavy atom. The third-order valence-corrected chi connectivity index (χ3v) is 4.23. The second-order valence-electron chi connectivity index (χ2n) is 5.79. The second kappa shape index (κ2) is 6.31. The van der Waals surface area contributed by atoms with Gasteiger partial charge in [0.1, 0.15) is 5.75 Å². The van der Waals surface area contributed by atoms with Gasteiger partial charge in [0.05, 0.1) is 12.6 Å². The summed E-state index contributed by atoms with van der Waals surface area (Å²) in [7, 11) is 0. The maximum Gasteiger partial charge on any atom is 0.122 e. The fraction of sp³-hybridized carbons (Fsp3) is 0.368. The van der Waals surface area contributed by atoms with Crippen LogP contribution in [-0.2, 0) is 12.8 Å².